The Morgan fingerprint density at radius 2 is 1.80 bits per heavy atom. The maximum Gasteiger partial charge on any atom is 0.322 e. The number of benzene rings is 2. The highest BCUT2D eigenvalue weighted by Crippen LogP contribution is 2.33. The first-order chi connectivity index (χ1) is 16.8. The summed E-state index contributed by atoms with van der Waals surface area (Å²) in [4.78, 5) is 13.1. The van der Waals surface area contributed by atoms with Crippen LogP contribution < -0.4 is 14.8 Å². The maximum atomic E-state index is 13.1. The molecule has 35 heavy (non-hydrogen) atoms. The molecule has 0 aliphatic carbocycles. The molecular formula is C24H28N4O6S. The molecule has 0 bridgehead atoms. The van der Waals surface area contributed by atoms with Crippen LogP contribution >= 0.6 is 0 Å². The van der Waals surface area contributed by atoms with Crippen LogP contribution in [0.3, 0.4) is 0 Å². The Hall–Kier alpha value is -3.44. The number of nitrogens with zero attached hydrogens (tertiary/aromatic N) is 3. The predicted octanol–water partition coefficient (Wildman–Crippen LogP) is 3.63. The molecule has 1 aromatic heterocycles. The second kappa shape index (κ2) is 10.4. The van der Waals surface area contributed by atoms with Crippen LogP contribution in [0.15, 0.2) is 51.8 Å². The van der Waals surface area contributed by atoms with Gasteiger partial charge in [-0.25, -0.2) is 8.42 Å². The van der Waals surface area contributed by atoms with Gasteiger partial charge in [-0.15, -0.1) is 5.10 Å². The normalized spacial score (nSPS) is 16.3. The fraction of sp³-hybridized carbons (Fsp3) is 0.375. The minimum Gasteiger partial charge on any atom is -0.490 e. The van der Waals surface area contributed by atoms with Gasteiger partial charge in [-0.3, -0.25) is 10.1 Å². The SMILES string of the molecule is CCOc1ccc(-c2nnc(NC(=O)C3CCCN3S(=O)(=O)c3ccc(C)cc3)o2)cc1OCC. The van der Waals surface area contributed by atoms with E-state index in [4.69, 9.17) is 13.9 Å². The van der Waals surface area contributed by atoms with Crippen LogP contribution in [0.25, 0.3) is 11.5 Å². The maximum absolute atomic E-state index is 13.1. The summed E-state index contributed by atoms with van der Waals surface area (Å²) in [6.07, 6.45) is 0.971. The average Bonchev–Trinajstić information content (AvgIpc) is 3.51. The molecule has 0 saturated carbocycles. The molecule has 1 aliphatic heterocycles. The zero-order valence-electron chi connectivity index (χ0n) is 19.9. The highest BCUT2D eigenvalue weighted by Gasteiger charge is 2.39. The van der Waals surface area contributed by atoms with Crippen LogP contribution in [-0.4, -0.2) is 54.6 Å². The third-order valence-corrected chi connectivity index (χ3v) is 7.50. The summed E-state index contributed by atoms with van der Waals surface area (Å²) in [7, 11) is -3.82. The molecule has 1 saturated heterocycles. The number of carbonyl (C=O) groups excluding carboxylic acids is 1. The van der Waals surface area contributed by atoms with Crippen molar-refractivity contribution in [3.8, 4) is 23.0 Å². The summed E-state index contributed by atoms with van der Waals surface area (Å²) in [5.41, 5.74) is 1.54. The topological polar surface area (TPSA) is 124 Å². The molecule has 0 radical (unpaired) electrons. The van der Waals surface area contributed by atoms with Crippen molar-refractivity contribution in [3.63, 3.8) is 0 Å². The van der Waals surface area contributed by atoms with E-state index >= 15 is 0 Å². The predicted molar refractivity (Wildman–Crippen MR) is 129 cm³/mol. The van der Waals surface area contributed by atoms with E-state index in [9.17, 15) is 13.2 Å². The van der Waals surface area contributed by atoms with Crippen molar-refractivity contribution in [1.82, 2.24) is 14.5 Å². The number of aromatic nitrogens is 2. The molecule has 10 nitrogen and oxygen atoms in total. The van der Waals surface area contributed by atoms with Gasteiger partial charge in [-0.05, 0) is 63.9 Å². The smallest absolute Gasteiger partial charge is 0.322 e. The van der Waals surface area contributed by atoms with E-state index < -0.39 is 22.0 Å². The van der Waals surface area contributed by atoms with E-state index in [1.165, 1.54) is 4.31 Å². The van der Waals surface area contributed by atoms with Crippen LogP contribution in [0.2, 0.25) is 0 Å². The van der Waals surface area contributed by atoms with Gasteiger partial charge < -0.3 is 13.9 Å². The van der Waals surface area contributed by atoms with Crippen molar-refractivity contribution >= 4 is 21.9 Å². The number of nitrogens with one attached hydrogen (secondary N) is 1. The molecule has 1 N–H and O–H groups in total. The van der Waals surface area contributed by atoms with E-state index in [0.29, 0.717) is 43.1 Å². The lowest BCUT2D eigenvalue weighted by atomic mass is 10.2. The van der Waals surface area contributed by atoms with Gasteiger partial charge in [0, 0.05) is 12.1 Å². The number of aryl methyl sites for hydroxylation is 1. The van der Waals surface area contributed by atoms with Crippen LogP contribution in [0.4, 0.5) is 6.01 Å². The van der Waals surface area contributed by atoms with Gasteiger partial charge >= 0.3 is 6.01 Å². The third kappa shape index (κ3) is 5.30. The Labute approximate surface area is 204 Å². The average molecular weight is 501 g/mol. The van der Waals surface area contributed by atoms with Gasteiger partial charge in [0.15, 0.2) is 11.5 Å². The second-order valence-electron chi connectivity index (χ2n) is 8.02. The largest absolute Gasteiger partial charge is 0.490 e. The Kier molecular flexibility index (Phi) is 7.37. The Balaban J connectivity index is 1.50. The van der Waals surface area contributed by atoms with Gasteiger partial charge in [-0.2, -0.15) is 4.31 Å². The number of sulfonamides is 1. The fourth-order valence-electron chi connectivity index (χ4n) is 3.90. The Morgan fingerprint density at radius 3 is 2.51 bits per heavy atom. The molecule has 4 rings (SSSR count). The molecule has 1 amide bonds. The van der Waals surface area contributed by atoms with E-state index in [0.717, 1.165) is 5.56 Å². The number of rotatable bonds is 9. The van der Waals surface area contributed by atoms with Crippen molar-refractivity contribution in [2.75, 3.05) is 25.1 Å². The second-order valence-corrected chi connectivity index (χ2v) is 9.91. The lowest BCUT2D eigenvalue weighted by Gasteiger charge is -2.22. The van der Waals surface area contributed by atoms with Gasteiger partial charge in [0.05, 0.1) is 18.1 Å². The van der Waals surface area contributed by atoms with Gasteiger partial charge in [0.1, 0.15) is 6.04 Å². The molecule has 1 aliphatic rings. The van der Waals surface area contributed by atoms with Crippen molar-refractivity contribution in [1.29, 1.82) is 0 Å². The Morgan fingerprint density at radius 1 is 1.09 bits per heavy atom. The third-order valence-electron chi connectivity index (χ3n) is 5.58. The zero-order chi connectivity index (χ0) is 25.0. The van der Waals surface area contributed by atoms with Crippen LogP contribution in [0.5, 0.6) is 11.5 Å². The molecule has 1 fully saturated rings. The number of hydrogen-bond donors (Lipinski definition) is 1. The highest BCUT2D eigenvalue weighted by molar-refractivity contribution is 7.89. The molecule has 2 aromatic carbocycles. The number of hydrogen-bond acceptors (Lipinski definition) is 8. The molecule has 1 unspecified atom stereocenters. The summed E-state index contributed by atoms with van der Waals surface area (Å²) in [5, 5.41) is 10.5. The van der Waals surface area contributed by atoms with E-state index in [1.807, 2.05) is 20.8 Å². The lowest BCUT2D eigenvalue weighted by Crippen LogP contribution is -2.43. The van der Waals surface area contributed by atoms with Gasteiger partial charge in [0.25, 0.3) is 0 Å². The minimum atomic E-state index is -3.82. The quantitative estimate of drug-likeness (QED) is 0.472. The van der Waals surface area contributed by atoms with Crippen molar-refractivity contribution < 1.29 is 27.1 Å². The first-order valence-electron chi connectivity index (χ1n) is 11.5. The van der Waals surface area contributed by atoms with Crippen LogP contribution in [0, 0.1) is 6.92 Å². The summed E-state index contributed by atoms with van der Waals surface area (Å²) in [6, 6.07) is 10.8. The molecule has 186 valence electrons. The Bertz CT molecular complexity index is 1290. The molecule has 1 atom stereocenters. The molecule has 0 spiro atoms. The molecular weight excluding hydrogens is 472 g/mol. The summed E-state index contributed by atoms with van der Waals surface area (Å²) in [6.45, 7) is 6.84. The molecule has 3 aromatic rings. The number of ether oxygens (including phenoxy) is 2. The number of carbonyl (C=O) groups is 1. The first-order valence-corrected chi connectivity index (χ1v) is 12.9. The van der Waals surface area contributed by atoms with Crippen molar-refractivity contribution in [3.05, 3.63) is 48.0 Å². The first kappa shape index (κ1) is 24.7. The molecule has 11 heteroatoms. The van der Waals surface area contributed by atoms with Gasteiger partial charge in [-0.1, -0.05) is 22.8 Å². The van der Waals surface area contributed by atoms with Crippen molar-refractivity contribution in [2.45, 2.75) is 44.6 Å². The van der Waals surface area contributed by atoms with E-state index in [1.54, 1.807) is 42.5 Å². The minimum absolute atomic E-state index is 0.114. The molecule has 2 heterocycles. The number of amides is 1. The van der Waals surface area contributed by atoms with E-state index in [-0.39, 0.29) is 23.3 Å². The van der Waals surface area contributed by atoms with Crippen LogP contribution in [0.1, 0.15) is 32.3 Å². The van der Waals surface area contributed by atoms with Crippen molar-refractivity contribution in [2.24, 2.45) is 0 Å². The zero-order valence-corrected chi connectivity index (χ0v) is 20.7. The fourth-order valence-corrected chi connectivity index (χ4v) is 5.56. The summed E-state index contributed by atoms with van der Waals surface area (Å²) >= 11 is 0. The lowest BCUT2D eigenvalue weighted by molar-refractivity contribution is -0.119. The summed E-state index contributed by atoms with van der Waals surface area (Å²) in [5.74, 6) is 0.802. The summed E-state index contributed by atoms with van der Waals surface area (Å²) < 4.78 is 44.3. The highest BCUT2D eigenvalue weighted by atomic mass is 32.2. The van der Waals surface area contributed by atoms with E-state index in [2.05, 4.69) is 15.5 Å². The monoisotopic (exact) mass is 500 g/mol. The van der Waals surface area contributed by atoms with Crippen LogP contribution in [-0.2, 0) is 14.8 Å². The van der Waals surface area contributed by atoms with Gasteiger partial charge in [0.2, 0.25) is 21.8 Å². The standard InChI is InChI=1S/C24H28N4O6S/c1-4-32-20-13-10-17(15-21(20)33-5-2)23-26-27-24(34-23)25-22(29)19-7-6-14-28(19)35(30,31)18-11-8-16(3)9-12-18/h8-13,15,19H,4-7,14H2,1-3H3,(H,25,27,29). The number of anilines is 1.